The van der Waals surface area contributed by atoms with Crippen LogP contribution in [0.3, 0.4) is 0 Å². The first-order valence-electron chi connectivity index (χ1n) is 2.39. The van der Waals surface area contributed by atoms with E-state index < -0.39 is 15.4 Å². The molecule has 5 N–H and O–H groups in total. The van der Waals surface area contributed by atoms with Gasteiger partial charge in [0.05, 0.1) is 0 Å². The molecule has 0 aliphatic rings. The van der Waals surface area contributed by atoms with Gasteiger partial charge in [-0.1, -0.05) is 6.92 Å². The van der Waals surface area contributed by atoms with E-state index in [9.17, 15) is 4.57 Å². The van der Waals surface area contributed by atoms with Crippen LogP contribution < -0.4 is 0 Å². The molecule has 0 fully saturated rings. The first kappa shape index (κ1) is 18.8. The van der Waals surface area contributed by atoms with Crippen molar-refractivity contribution in [3.05, 3.63) is 0 Å². The van der Waals surface area contributed by atoms with Crippen LogP contribution in [0.25, 0.3) is 0 Å². The van der Waals surface area contributed by atoms with E-state index in [-0.39, 0.29) is 30.1 Å². The summed E-state index contributed by atoms with van der Waals surface area (Å²) in [6, 6.07) is 0. The van der Waals surface area contributed by atoms with Crippen molar-refractivity contribution in [3.63, 3.8) is 0 Å². The molecule has 7 nitrogen and oxygen atoms in total. The molecular formula is C2H14O7P2Sn. The van der Waals surface area contributed by atoms with Crippen LogP contribution in [-0.4, -0.2) is 54.5 Å². The van der Waals surface area contributed by atoms with Crippen LogP contribution in [-0.2, 0) is 9.13 Å². The number of rotatable bonds is 1. The van der Waals surface area contributed by atoms with E-state index in [2.05, 4.69) is 0 Å². The molecule has 0 aromatic rings. The molecule has 0 rings (SSSR count). The standard InChI is InChI=1S/C2H7O3P.H3O4P.Sn.4H/c1-2-6(3,4)5;1-5(2,3)4;;;;;/h2H2,1H3,(H2,3,4,5);(H3,1,2,3,4);;;;;. The monoisotopic (exact) mass is 332 g/mol. The molecule has 0 unspecified atom stereocenters. The molecule has 0 aromatic carbocycles. The predicted molar refractivity (Wildman–Crippen MR) is 48.2 cm³/mol. The van der Waals surface area contributed by atoms with Crippen LogP contribution in [0.15, 0.2) is 0 Å². The quantitative estimate of drug-likeness (QED) is 0.272. The first-order chi connectivity index (χ1) is 4.56. The van der Waals surface area contributed by atoms with Gasteiger partial charge in [0.25, 0.3) is 0 Å². The second-order valence-electron chi connectivity index (χ2n) is 1.49. The molecule has 0 atom stereocenters. The van der Waals surface area contributed by atoms with Crippen molar-refractivity contribution in [2.24, 2.45) is 0 Å². The van der Waals surface area contributed by atoms with Gasteiger partial charge in [-0.15, -0.1) is 0 Å². The van der Waals surface area contributed by atoms with Crippen LogP contribution in [0.2, 0.25) is 0 Å². The van der Waals surface area contributed by atoms with Crippen molar-refractivity contribution in [2.45, 2.75) is 6.92 Å². The van der Waals surface area contributed by atoms with Crippen molar-refractivity contribution >= 4 is 39.3 Å². The fraction of sp³-hybridized carbons (Fsp3) is 1.00. The summed E-state index contributed by atoms with van der Waals surface area (Å²) in [6.45, 7) is 1.45. The molecular weight excluding hydrogens is 317 g/mol. The van der Waals surface area contributed by atoms with Crippen LogP contribution in [0.1, 0.15) is 6.92 Å². The van der Waals surface area contributed by atoms with Gasteiger partial charge in [-0.05, 0) is 0 Å². The molecule has 0 saturated carbocycles. The van der Waals surface area contributed by atoms with Gasteiger partial charge in [-0.25, -0.2) is 4.57 Å². The van der Waals surface area contributed by atoms with Crippen LogP contribution in [0.4, 0.5) is 0 Å². The average Bonchev–Trinajstić information content (AvgIpc) is 1.59. The molecule has 10 heteroatoms. The molecule has 0 radical (unpaired) electrons. The SMILES string of the molecule is CCP(=O)(O)O.O=P(O)(O)O.[SnH4]. The van der Waals surface area contributed by atoms with Crippen molar-refractivity contribution in [1.82, 2.24) is 0 Å². The molecule has 78 valence electrons. The summed E-state index contributed by atoms with van der Waals surface area (Å²) < 4.78 is 18.6. The molecule has 0 aliphatic heterocycles. The van der Waals surface area contributed by atoms with Gasteiger partial charge < -0.3 is 24.5 Å². The Bertz CT molecular complexity index is 172. The normalized spacial score (nSPS) is 10.8. The third kappa shape index (κ3) is 67.9. The minimum absolute atomic E-state index is 0. The van der Waals surface area contributed by atoms with E-state index in [1.165, 1.54) is 6.92 Å². The van der Waals surface area contributed by atoms with E-state index in [0.717, 1.165) is 0 Å². The fourth-order valence-electron chi connectivity index (χ4n) is 0. The summed E-state index contributed by atoms with van der Waals surface area (Å²) in [5.41, 5.74) is 0. The van der Waals surface area contributed by atoms with Gasteiger partial charge in [-0.2, -0.15) is 0 Å². The number of hydrogen-bond acceptors (Lipinski definition) is 2. The maximum atomic E-state index is 9.69. The molecule has 0 amide bonds. The molecule has 0 heterocycles. The zero-order chi connectivity index (χ0) is 9.71. The Morgan fingerprint density at radius 1 is 1.00 bits per heavy atom. The van der Waals surface area contributed by atoms with Crippen molar-refractivity contribution in [1.29, 1.82) is 0 Å². The van der Waals surface area contributed by atoms with Crippen molar-refractivity contribution in [3.8, 4) is 0 Å². The Balaban J connectivity index is -0.000000126. The molecule has 0 bridgehead atoms. The Labute approximate surface area is 86.2 Å². The number of phosphoric acid groups is 1. The van der Waals surface area contributed by atoms with Crippen LogP contribution in [0.5, 0.6) is 0 Å². The van der Waals surface area contributed by atoms with E-state index in [1.807, 2.05) is 0 Å². The summed E-state index contributed by atoms with van der Waals surface area (Å²) in [5.74, 6) is 0. The third-order valence-electron chi connectivity index (χ3n) is 0.412. The summed E-state index contributed by atoms with van der Waals surface area (Å²) in [5, 5.41) is 0. The second-order valence-corrected chi connectivity index (χ2v) is 4.48. The first-order valence-corrected chi connectivity index (χ1v) is 5.75. The zero-order valence-corrected chi connectivity index (χ0v) is 7.44. The Morgan fingerprint density at radius 2 is 1.08 bits per heavy atom. The summed E-state index contributed by atoms with van der Waals surface area (Å²) in [7, 11) is -8.29. The van der Waals surface area contributed by atoms with E-state index >= 15 is 0 Å². The van der Waals surface area contributed by atoms with Crippen molar-refractivity contribution < 1.29 is 33.6 Å². The summed E-state index contributed by atoms with van der Waals surface area (Å²) in [6.07, 6.45) is -0.0625. The van der Waals surface area contributed by atoms with Gasteiger partial charge in [0.1, 0.15) is 0 Å². The van der Waals surface area contributed by atoms with Crippen LogP contribution >= 0.6 is 15.4 Å². The summed E-state index contributed by atoms with van der Waals surface area (Å²) in [4.78, 5) is 37.4. The van der Waals surface area contributed by atoms with Gasteiger partial charge in [0, 0.05) is 6.16 Å². The molecule has 12 heavy (non-hydrogen) atoms. The number of hydrogen-bond donors (Lipinski definition) is 5. The van der Waals surface area contributed by atoms with Crippen molar-refractivity contribution in [2.75, 3.05) is 6.16 Å². The third-order valence-corrected chi connectivity index (χ3v) is 1.24. The fourth-order valence-corrected chi connectivity index (χ4v) is 0. The van der Waals surface area contributed by atoms with Gasteiger partial charge >= 0.3 is 39.3 Å². The van der Waals surface area contributed by atoms with Gasteiger partial charge in [-0.3, -0.25) is 4.57 Å². The minimum atomic E-state index is -4.64. The van der Waals surface area contributed by atoms with E-state index in [1.54, 1.807) is 0 Å². The zero-order valence-electron chi connectivity index (χ0n) is 5.65. The Morgan fingerprint density at radius 3 is 1.08 bits per heavy atom. The summed E-state index contributed by atoms with van der Waals surface area (Å²) >= 11 is 0. The average molecular weight is 331 g/mol. The topological polar surface area (TPSA) is 135 Å². The van der Waals surface area contributed by atoms with Gasteiger partial charge in [0.15, 0.2) is 0 Å². The van der Waals surface area contributed by atoms with Gasteiger partial charge in [0.2, 0.25) is 0 Å². The maximum absolute atomic E-state index is 9.69. The Kier molecular flexibility index (Phi) is 11.7. The molecule has 0 saturated heterocycles. The molecule has 0 aliphatic carbocycles. The predicted octanol–water partition coefficient (Wildman–Crippen LogP) is -2.20. The van der Waals surface area contributed by atoms with E-state index in [0.29, 0.717) is 0 Å². The second kappa shape index (κ2) is 7.46. The van der Waals surface area contributed by atoms with Crippen LogP contribution in [0, 0.1) is 0 Å². The Hall–Kier alpha value is 1.06. The molecule has 0 spiro atoms. The van der Waals surface area contributed by atoms with E-state index in [4.69, 9.17) is 29.0 Å². The molecule has 0 aromatic heterocycles.